The third kappa shape index (κ3) is 2.81. The van der Waals surface area contributed by atoms with Crippen LogP contribution in [-0.4, -0.2) is 43.3 Å². The van der Waals surface area contributed by atoms with Crippen LogP contribution in [0.3, 0.4) is 0 Å². The van der Waals surface area contributed by atoms with E-state index in [-0.39, 0.29) is 11.9 Å². The van der Waals surface area contributed by atoms with Gasteiger partial charge in [0.05, 0.1) is 19.3 Å². The molecule has 1 aromatic rings. The molecule has 0 radical (unpaired) electrons. The van der Waals surface area contributed by atoms with Crippen molar-refractivity contribution in [3.63, 3.8) is 0 Å². The third-order valence-electron chi connectivity index (χ3n) is 4.20. The SMILES string of the molecule is CC(C)c1ccc(F)cc1O[C@@H]1CCN(C2COC2)C1. The van der Waals surface area contributed by atoms with Crippen LogP contribution in [0.5, 0.6) is 5.75 Å². The van der Waals surface area contributed by atoms with Crippen molar-refractivity contribution < 1.29 is 13.9 Å². The van der Waals surface area contributed by atoms with Crippen molar-refractivity contribution in [3.05, 3.63) is 29.6 Å². The van der Waals surface area contributed by atoms with Crippen LogP contribution in [0, 0.1) is 5.82 Å². The zero-order valence-corrected chi connectivity index (χ0v) is 12.1. The first kappa shape index (κ1) is 13.8. The average molecular weight is 279 g/mol. The third-order valence-corrected chi connectivity index (χ3v) is 4.20. The molecule has 0 N–H and O–H groups in total. The number of halogens is 1. The molecule has 0 bridgehead atoms. The molecular weight excluding hydrogens is 257 g/mol. The van der Waals surface area contributed by atoms with Crippen LogP contribution in [0.1, 0.15) is 31.7 Å². The molecule has 3 rings (SSSR count). The van der Waals surface area contributed by atoms with Crippen LogP contribution in [0.15, 0.2) is 18.2 Å². The molecule has 2 saturated heterocycles. The van der Waals surface area contributed by atoms with Crippen LogP contribution < -0.4 is 4.74 Å². The first-order valence-electron chi connectivity index (χ1n) is 7.41. The van der Waals surface area contributed by atoms with Gasteiger partial charge in [-0.05, 0) is 24.0 Å². The van der Waals surface area contributed by atoms with Gasteiger partial charge in [0.15, 0.2) is 0 Å². The minimum Gasteiger partial charge on any atom is -0.489 e. The van der Waals surface area contributed by atoms with Gasteiger partial charge in [-0.1, -0.05) is 19.9 Å². The largest absolute Gasteiger partial charge is 0.489 e. The zero-order valence-electron chi connectivity index (χ0n) is 12.1. The van der Waals surface area contributed by atoms with E-state index in [2.05, 4.69) is 18.7 Å². The summed E-state index contributed by atoms with van der Waals surface area (Å²) in [5.41, 5.74) is 1.08. The molecule has 110 valence electrons. The van der Waals surface area contributed by atoms with Crippen molar-refractivity contribution in [1.82, 2.24) is 4.90 Å². The molecule has 2 fully saturated rings. The summed E-state index contributed by atoms with van der Waals surface area (Å²) in [6.07, 6.45) is 1.17. The summed E-state index contributed by atoms with van der Waals surface area (Å²) in [5.74, 6) is 0.812. The van der Waals surface area contributed by atoms with Gasteiger partial charge >= 0.3 is 0 Å². The lowest BCUT2D eigenvalue weighted by molar-refractivity contribution is -0.0592. The Hall–Kier alpha value is -1.13. The summed E-state index contributed by atoms with van der Waals surface area (Å²) in [4.78, 5) is 2.42. The molecule has 0 aliphatic carbocycles. The van der Waals surface area contributed by atoms with E-state index in [9.17, 15) is 4.39 Å². The van der Waals surface area contributed by atoms with Crippen molar-refractivity contribution in [2.75, 3.05) is 26.3 Å². The topological polar surface area (TPSA) is 21.7 Å². The van der Waals surface area contributed by atoms with E-state index in [0.717, 1.165) is 38.3 Å². The molecule has 2 heterocycles. The Morgan fingerprint density at radius 2 is 2.15 bits per heavy atom. The highest BCUT2D eigenvalue weighted by atomic mass is 19.1. The number of ether oxygens (including phenoxy) is 2. The number of hydrogen-bond acceptors (Lipinski definition) is 3. The fraction of sp³-hybridized carbons (Fsp3) is 0.625. The van der Waals surface area contributed by atoms with Gasteiger partial charge < -0.3 is 9.47 Å². The smallest absolute Gasteiger partial charge is 0.126 e. The van der Waals surface area contributed by atoms with Crippen LogP contribution in [0.2, 0.25) is 0 Å². The maximum atomic E-state index is 13.4. The van der Waals surface area contributed by atoms with E-state index < -0.39 is 0 Å². The Kier molecular flexibility index (Phi) is 3.94. The van der Waals surface area contributed by atoms with Crippen molar-refractivity contribution >= 4 is 0 Å². The first-order valence-corrected chi connectivity index (χ1v) is 7.41. The summed E-state index contributed by atoms with van der Waals surface area (Å²) in [5, 5.41) is 0. The molecule has 1 atom stereocenters. The second kappa shape index (κ2) is 5.70. The molecule has 0 aromatic heterocycles. The number of nitrogens with zero attached hydrogens (tertiary/aromatic N) is 1. The van der Waals surface area contributed by atoms with Gasteiger partial charge in [0.2, 0.25) is 0 Å². The zero-order chi connectivity index (χ0) is 14.1. The molecule has 0 amide bonds. The number of benzene rings is 1. The molecule has 4 heteroatoms. The van der Waals surface area contributed by atoms with Crippen molar-refractivity contribution in [1.29, 1.82) is 0 Å². The van der Waals surface area contributed by atoms with Gasteiger partial charge in [0.1, 0.15) is 17.7 Å². The van der Waals surface area contributed by atoms with Crippen LogP contribution in [0.4, 0.5) is 4.39 Å². The highest BCUT2D eigenvalue weighted by Crippen LogP contribution is 2.30. The quantitative estimate of drug-likeness (QED) is 0.846. The lowest BCUT2D eigenvalue weighted by atomic mass is 10.0. The summed E-state index contributed by atoms with van der Waals surface area (Å²) >= 11 is 0. The van der Waals surface area contributed by atoms with Gasteiger partial charge in [-0.15, -0.1) is 0 Å². The molecule has 3 nitrogen and oxygen atoms in total. The van der Waals surface area contributed by atoms with E-state index >= 15 is 0 Å². The molecule has 2 aliphatic heterocycles. The van der Waals surface area contributed by atoms with Gasteiger partial charge in [0.25, 0.3) is 0 Å². The average Bonchev–Trinajstić information content (AvgIpc) is 2.74. The lowest BCUT2D eigenvalue weighted by Crippen LogP contribution is -2.48. The maximum absolute atomic E-state index is 13.4. The molecule has 1 aromatic carbocycles. The van der Waals surface area contributed by atoms with Crippen LogP contribution in [0.25, 0.3) is 0 Å². The second-order valence-corrected chi connectivity index (χ2v) is 6.05. The monoisotopic (exact) mass is 279 g/mol. The molecule has 20 heavy (non-hydrogen) atoms. The second-order valence-electron chi connectivity index (χ2n) is 6.05. The minimum atomic E-state index is -0.230. The lowest BCUT2D eigenvalue weighted by Gasteiger charge is -2.34. The van der Waals surface area contributed by atoms with Crippen molar-refractivity contribution in [3.8, 4) is 5.75 Å². The Labute approximate surface area is 119 Å². The minimum absolute atomic E-state index is 0.162. The summed E-state index contributed by atoms with van der Waals surface area (Å²) < 4.78 is 24.8. The Morgan fingerprint density at radius 1 is 1.35 bits per heavy atom. The van der Waals surface area contributed by atoms with Crippen LogP contribution >= 0.6 is 0 Å². The van der Waals surface area contributed by atoms with Crippen LogP contribution in [-0.2, 0) is 4.74 Å². The molecular formula is C16H22FNO2. The van der Waals surface area contributed by atoms with Crippen molar-refractivity contribution in [2.24, 2.45) is 0 Å². The van der Waals surface area contributed by atoms with Gasteiger partial charge in [-0.2, -0.15) is 0 Å². The Morgan fingerprint density at radius 3 is 2.80 bits per heavy atom. The van der Waals surface area contributed by atoms with E-state index in [1.54, 1.807) is 0 Å². The van der Waals surface area contributed by atoms with E-state index in [4.69, 9.17) is 9.47 Å². The summed E-state index contributed by atoms with van der Waals surface area (Å²) in [7, 11) is 0. The van der Waals surface area contributed by atoms with Gasteiger partial charge in [0, 0.05) is 19.2 Å². The van der Waals surface area contributed by atoms with E-state index in [0.29, 0.717) is 17.7 Å². The maximum Gasteiger partial charge on any atom is 0.126 e. The normalized spacial score (nSPS) is 24.1. The fourth-order valence-electron chi connectivity index (χ4n) is 2.88. The Balaban J connectivity index is 1.67. The Bertz CT molecular complexity index is 474. The highest BCUT2D eigenvalue weighted by Gasteiger charge is 2.33. The first-order chi connectivity index (χ1) is 9.63. The van der Waals surface area contributed by atoms with E-state index in [1.165, 1.54) is 12.1 Å². The number of hydrogen-bond donors (Lipinski definition) is 0. The molecule has 2 aliphatic rings. The fourth-order valence-corrected chi connectivity index (χ4v) is 2.88. The van der Waals surface area contributed by atoms with Gasteiger partial charge in [-0.3, -0.25) is 4.90 Å². The summed E-state index contributed by atoms with van der Waals surface area (Å²) in [6.45, 7) is 7.85. The number of likely N-dealkylation sites (tertiary alicyclic amines) is 1. The number of rotatable bonds is 4. The van der Waals surface area contributed by atoms with Crippen molar-refractivity contribution in [2.45, 2.75) is 38.3 Å². The predicted octanol–water partition coefficient (Wildman–Crippen LogP) is 2.80. The molecule has 0 unspecified atom stereocenters. The summed E-state index contributed by atoms with van der Waals surface area (Å²) in [6, 6.07) is 5.42. The highest BCUT2D eigenvalue weighted by molar-refractivity contribution is 5.36. The predicted molar refractivity (Wildman–Crippen MR) is 75.7 cm³/mol. The molecule has 0 spiro atoms. The molecule has 0 saturated carbocycles. The van der Waals surface area contributed by atoms with E-state index in [1.807, 2.05) is 6.07 Å². The van der Waals surface area contributed by atoms with Gasteiger partial charge in [-0.25, -0.2) is 4.39 Å². The standard InChI is InChI=1S/C16H22FNO2/c1-11(2)15-4-3-12(17)7-16(15)20-14-5-6-18(8-14)13-9-19-10-13/h3-4,7,11,13-14H,5-6,8-10H2,1-2H3/t14-/m1/s1.